The van der Waals surface area contributed by atoms with Gasteiger partial charge in [0, 0.05) is 18.3 Å². The van der Waals surface area contributed by atoms with Crippen LogP contribution in [0.5, 0.6) is 0 Å². The van der Waals surface area contributed by atoms with E-state index >= 15 is 0 Å². The number of benzene rings is 2. The standard InChI is InChI=1S/C20H20N6O2/c1-14(24-27)16-6-7-19-18(9-16)22-13-26(19)17-5-3-4-15(8-17)10-28-11-20-21-12-23-25(20)2/h3-9,12-13,27H,10-11H2,1-2H3/b24-14-. The van der Waals surface area contributed by atoms with Gasteiger partial charge in [-0.1, -0.05) is 23.4 Å². The number of imidazole rings is 1. The highest BCUT2D eigenvalue weighted by atomic mass is 16.5. The minimum Gasteiger partial charge on any atom is -0.411 e. The quantitative estimate of drug-likeness (QED) is 0.317. The Bertz CT molecular complexity index is 1140. The summed E-state index contributed by atoms with van der Waals surface area (Å²) in [5.74, 6) is 0.786. The van der Waals surface area contributed by atoms with Gasteiger partial charge >= 0.3 is 0 Å². The Morgan fingerprint density at radius 1 is 1.14 bits per heavy atom. The fourth-order valence-corrected chi connectivity index (χ4v) is 3.01. The van der Waals surface area contributed by atoms with Gasteiger partial charge in [0.05, 0.1) is 23.4 Å². The van der Waals surface area contributed by atoms with Crippen molar-refractivity contribution in [1.82, 2.24) is 24.3 Å². The largest absolute Gasteiger partial charge is 0.411 e. The summed E-state index contributed by atoms with van der Waals surface area (Å²) in [6.45, 7) is 2.63. The van der Waals surface area contributed by atoms with Gasteiger partial charge in [0.1, 0.15) is 19.3 Å². The van der Waals surface area contributed by atoms with Gasteiger partial charge in [0.25, 0.3) is 0 Å². The molecule has 0 unspecified atom stereocenters. The van der Waals surface area contributed by atoms with Gasteiger partial charge in [-0.25, -0.2) is 9.97 Å². The highest BCUT2D eigenvalue weighted by Crippen LogP contribution is 2.21. The van der Waals surface area contributed by atoms with Crippen LogP contribution in [0.3, 0.4) is 0 Å². The van der Waals surface area contributed by atoms with Gasteiger partial charge < -0.3 is 9.94 Å². The van der Waals surface area contributed by atoms with Crippen LogP contribution in [0.2, 0.25) is 0 Å². The minimum atomic E-state index is 0.406. The van der Waals surface area contributed by atoms with Crippen molar-refractivity contribution in [3.63, 3.8) is 0 Å². The maximum Gasteiger partial charge on any atom is 0.152 e. The molecule has 2 aromatic carbocycles. The number of ether oxygens (including phenoxy) is 1. The average molecular weight is 376 g/mol. The van der Waals surface area contributed by atoms with Crippen LogP contribution in [0.1, 0.15) is 23.9 Å². The van der Waals surface area contributed by atoms with Crippen molar-refractivity contribution in [1.29, 1.82) is 0 Å². The van der Waals surface area contributed by atoms with Crippen molar-refractivity contribution in [3.05, 3.63) is 72.1 Å². The Hall–Kier alpha value is -3.52. The topological polar surface area (TPSA) is 90.3 Å². The lowest BCUT2D eigenvalue weighted by atomic mass is 10.1. The SMILES string of the molecule is C/C(=N/O)c1ccc2c(c1)ncn2-c1cccc(COCc2ncnn2C)c1. The van der Waals surface area contributed by atoms with E-state index in [2.05, 4.69) is 26.3 Å². The third kappa shape index (κ3) is 3.49. The molecule has 0 aliphatic heterocycles. The number of aromatic nitrogens is 5. The molecule has 2 heterocycles. The van der Waals surface area contributed by atoms with E-state index in [-0.39, 0.29) is 0 Å². The lowest BCUT2D eigenvalue weighted by Crippen LogP contribution is -2.03. The second kappa shape index (κ2) is 7.61. The summed E-state index contributed by atoms with van der Waals surface area (Å²) in [7, 11) is 1.84. The summed E-state index contributed by atoms with van der Waals surface area (Å²) in [5.41, 5.74) is 5.27. The Balaban J connectivity index is 1.54. The molecule has 0 atom stereocenters. The third-order valence-electron chi connectivity index (χ3n) is 4.61. The highest BCUT2D eigenvalue weighted by Gasteiger charge is 2.08. The lowest BCUT2D eigenvalue weighted by Gasteiger charge is -2.08. The summed E-state index contributed by atoms with van der Waals surface area (Å²) in [5, 5.41) is 16.3. The average Bonchev–Trinajstić information content (AvgIpc) is 3.33. The Kier molecular flexibility index (Phi) is 4.86. The first-order valence-corrected chi connectivity index (χ1v) is 8.82. The van der Waals surface area contributed by atoms with E-state index in [0.29, 0.717) is 18.9 Å². The maximum absolute atomic E-state index is 8.96. The fraction of sp³-hybridized carbons (Fsp3) is 0.200. The Labute approximate surface area is 161 Å². The van der Waals surface area contributed by atoms with E-state index in [1.165, 1.54) is 6.33 Å². The van der Waals surface area contributed by atoms with Crippen molar-refractivity contribution in [2.24, 2.45) is 12.2 Å². The van der Waals surface area contributed by atoms with Crippen molar-refractivity contribution in [3.8, 4) is 5.69 Å². The lowest BCUT2D eigenvalue weighted by molar-refractivity contribution is 0.0993. The van der Waals surface area contributed by atoms with Crippen LogP contribution in [-0.2, 0) is 25.0 Å². The van der Waals surface area contributed by atoms with E-state index in [9.17, 15) is 0 Å². The molecule has 1 N–H and O–H groups in total. The van der Waals surface area contributed by atoms with Crippen LogP contribution >= 0.6 is 0 Å². The molecule has 0 fully saturated rings. The van der Waals surface area contributed by atoms with E-state index in [1.807, 2.05) is 48.0 Å². The van der Waals surface area contributed by atoms with E-state index in [0.717, 1.165) is 33.7 Å². The summed E-state index contributed by atoms with van der Waals surface area (Å²) >= 11 is 0. The Morgan fingerprint density at radius 2 is 2.04 bits per heavy atom. The summed E-state index contributed by atoms with van der Waals surface area (Å²) < 4.78 is 9.50. The van der Waals surface area contributed by atoms with Crippen LogP contribution in [0.4, 0.5) is 0 Å². The predicted molar refractivity (Wildman–Crippen MR) is 105 cm³/mol. The zero-order valence-electron chi connectivity index (χ0n) is 15.6. The normalized spacial score (nSPS) is 12.0. The van der Waals surface area contributed by atoms with Crippen LogP contribution in [0.15, 0.2) is 60.3 Å². The molecule has 0 bridgehead atoms. The monoisotopic (exact) mass is 376 g/mol. The van der Waals surface area contributed by atoms with Crippen molar-refractivity contribution < 1.29 is 9.94 Å². The van der Waals surface area contributed by atoms with Gasteiger partial charge in [-0.2, -0.15) is 5.10 Å². The van der Waals surface area contributed by atoms with E-state index in [4.69, 9.17) is 9.94 Å². The molecule has 0 saturated heterocycles. The molecule has 0 spiro atoms. The number of nitrogens with zero attached hydrogens (tertiary/aromatic N) is 6. The summed E-state index contributed by atoms with van der Waals surface area (Å²) in [6.07, 6.45) is 3.31. The number of aryl methyl sites for hydroxylation is 1. The van der Waals surface area contributed by atoms with Crippen LogP contribution in [0.25, 0.3) is 16.7 Å². The molecule has 0 aliphatic carbocycles. The Morgan fingerprint density at radius 3 is 2.82 bits per heavy atom. The highest BCUT2D eigenvalue weighted by molar-refractivity contribution is 6.00. The first kappa shape index (κ1) is 17.9. The second-order valence-corrected chi connectivity index (χ2v) is 6.47. The van der Waals surface area contributed by atoms with Crippen LogP contribution in [0, 0.1) is 0 Å². The van der Waals surface area contributed by atoms with Gasteiger partial charge in [0.2, 0.25) is 0 Å². The first-order chi connectivity index (χ1) is 13.7. The summed E-state index contributed by atoms with van der Waals surface area (Å²) in [4.78, 5) is 8.64. The zero-order valence-corrected chi connectivity index (χ0v) is 15.6. The minimum absolute atomic E-state index is 0.406. The second-order valence-electron chi connectivity index (χ2n) is 6.47. The number of hydrogen-bond acceptors (Lipinski definition) is 6. The molecule has 8 nitrogen and oxygen atoms in total. The van der Waals surface area contributed by atoms with Crippen molar-refractivity contribution >= 4 is 16.7 Å². The molecule has 0 radical (unpaired) electrons. The molecule has 0 aliphatic rings. The van der Waals surface area contributed by atoms with E-state index in [1.54, 1.807) is 17.9 Å². The molecular weight excluding hydrogens is 356 g/mol. The van der Waals surface area contributed by atoms with Gasteiger partial charge in [-0.3, -0.25) is 9.25 Å². The third-order valence-corrected chi connectivity index (χ3v) is 4.61. The van der Waals surface area contributed by atoms with Crippen molar-refractivity contribution in [2.45, 2.75) is 20.1 Å². The number of fused-ring (bicyclic) bond motifs is 1. The van der Waals surface area contributed by atoms with Gasteiger partial charge in [0.15, 0.2) is 5.82 Å². The molecule has 0 saturated carbocycles. The van der Waals surface area contributed by atoms with Gasteiger partial charge in [-0.15, -0.1) is 0 Å². The number of hydrogen-bond donors (Lipinski definition) is 1. The molecule has 4 rings (SSSR count). The maximum atomic E-state index is 8.96. The zero-order chi connectivity index (χ0) is 19.5. The molecule has 142 valence electrons. The van der Waals surface area contributed by atoms with Crippen LogP contribution in [-0.4, -0.2) is 35.2 Å². The van der Waals surface area contributed by atoms with Crippen molar-refractivity contribution in [2.75, 3.05) is 0 Å². The number of rotatable bonds is 6. The smallest absolute Gasteiger partial charge is 0.152 e. The predicted octanol–water partition coefficient (Wildman–Crippen LogP) is 3.07. The molecule has 8 heteroatoms. The molecule has 4 aromatic rings. The van der Waals surface area contributed by atoms with E-state index < -0.39 is 0 Å². The summed E-state index contributed by atoms with van der Waals surface area (Å²) in [6, 6.07) is 13.9. The number of oxime groups is 1. The fourth-order valence-electron chi connectivity index (χ4n) is 3.01. The van der Waals surface area contributed by atoms with Crippen LogP contribution < -0.4 is 0 Å². The molecular formula is C20H20N6O2. The molecule has 28 heavy (non-hydrogen) atoms. The molecule has 2 aromatic heterocycles. The van der Waals surface area contributed by atoms with Gasteiger partial charge in [-0.05, 0) is 36.8 Å². The molecule has 0 amide bonds. The first-order valence-electron chi connectivity index (χ1n) is 8.82.